The van der Waals surface area contributed by atoms with Crippen LogP contribution in [0.3, 0.4) is 0 Å². The molecule has 112 valence electrons. The molecule has 1 aromatic carbocycles. The molecule has 0 saturated carbocycles. The molecule has 0 saturated heterocycles. The number of ketones is 2. The van der Waals surface area contributed by atoms with Gasteiger partial charge in [0, 0.05) is 28.9 Å². The number of Topliss-reactive ketones (excluding diaryl/α,β-unsaturated/α-hetero) is 2. The Labute approximate surface area is 128 Å². The van der Waals surface area contributed by atoms with Crippen LogP contribution in [-0.4, -0.2) is 16.1 Å². The maximum absolute atomic E-state index is 12.6. The van der Waals surface area contributed by atoms with E-state index in [1.165, 1.54) is 13.8 Å². The Morgan fingerprint density at radius 2 is 1.73 bits per heavy atom. The van der Waals surface area contributed by atoms with Gasteiger partial charge in [0.25, 0.3) is 5.56 Å². The smallest absolute Gasteiger partial charge is 0.258 e. The first-order chi connectivity index (χ1) is 10.5. The molecule has 0 aliphatic carbocycles. The van der Waals surface area contributed by atoms with Crippen molar-refractivity contribution in [2.45, 2.75) is 33.2 Å². The number of carbonyl (C=O) groups is 2. The molecule has 22 heavy (non-hydrogen) atoms. The highest BCUT2D eigenvalue weighted by Crippen LogP contribution is 2.24. The van der Waals surface area contributed by atoms with Crippen LogP contribution in [0.15, 0.2) is 35.1 Å². The van der Waals surface area contributed by atoms with Crippen LogP contribution in [0.1, 0.15) is 46.7 Å². The summed E-state index contributed by atoms with van der Waals surface area (Å²) in [6.45, 7) is 3.70. The van der Waals surface area contributed by atoms with Gasteiger partial charge in [-0.2, -0.15) is 0 Å². The van der Waals surface area contributed by atoms with Gasteiger partial charge >= 0.3 is 0 Å². The van der Waals surface area contributed by atoms with Crippen molar-refractivity contribution >= 4 is 11.6 Å². The van der Waals surface area contributed by atoms with Gasteiger partial charge in [-0.1, -0.05) is 24.3 Å². The fraction of sp³-hybridized carbons (Fsp3) is 0.278. The minimum absolute atomic E-state index is 0.0124. The van der Waals surface area contributed by atoms with Crippen LogP contribution in [-0.2, 0) is 13.0 Å². The standard InChI is InChI=1S/C18H17NO3/c1-11(20)13-5-7-14(8-6-13)16-10-15(12(2)21)17-4-3-9-19(17)18(16)22/h5-8,10H,3-4,9H2,1-2H3. The molecule has 0 amide bonds. The summed E-state index contributed by atoms with van der Waals surface area (Å²) in [4.78, 5) is 35.9. The van der Waals surface area contributed by atoms with Crippen molar-refractivity contribution < 1.29 is 9.59 Å². The van der Waals surface area contributed by atoms with Gasteiger partial charge in [0.15, 0.2) is 11.6 Å². The zero-order chi connectivity index (χ0) is 15.9. The first kappa shape index (κ1) is 14.4. The number of benzene rings is 1. The zero-order valence-corrected chi connectivity index (χ0v) is 12.7. The minimum Gasteiger partial charge on any atom is -0.311 e. The van der Waals surface area contributed by atoms with E-state index < -0.39 is 0 Å². The van der Waals surface area contributed by atoms with Crippen LogP contribution in [0.5, 0.6) is 0 Å². The fourth-order valence-electron chi connectivity index (χ4n) is 3.01. The average molecular weight is 295 g/mol. The lowest BCUT2D eigenvalue weighted by Crippen LogP contribution is -2.23. The number of aromatic nitrogens is 1. The molecule has 0 fully saturated rings. The Morgan fingerprint density at radius 3 is 2.32 bits per heavy atom. The summed E-state index contributed by atoms with van der Waals surface area (Å²) >= 11 is 0. The lowest BCUT2D eigenvalue weighted by atomic mass is 9.99. The van der Waals surface area contributed by atoms with E-state index in [1.807, 2.05) is 0 Å². The van der Waals surface area contributed by atoms with E-state index in [1.54, 1.807) is 34.9 Å². The van der Waals surface area contributed by atoms with Gasteiger partial charge < -0.3 is 4.57 Å². The third-order valence-corrected chi connectivity index (χ3v) is 4.18. The normalized spacial score (nSPS) is 13.0. The molecule has 2 heterocycles. The van der Waals surface area contributed by atoms with Gasteiger partial charge in [-0.3, -0.25) is 14.4 Å². The molecule has 1 aliphatic rings. The van der Waals surface area contributed by atoms with Crippen molar-refractivity contribution in [3.63, 3.8) is 0 Å². The maximum Gasteiger partial charge on any atom is 0.258 e. The fourth-order valence-corrected chi connectivity index (χ4v) is 3.01. The van der Waals surface area contributed by atoms with Gasteiger partial charge in [0.05, 0.1) is 0 Å². The van der Waals surface area contributed by atoms with Crippen LogP contribution in [0.4, 0.5) is 0 Å². The second-order valence-corrected chi connectivity index (χ2v) is 5.67. The summed E-state index contributed by atoms with van der Waals surface area (Å²) in [6, 6.07) is 8.65. The van der Waals surface area contributed by atoms with Crippen molar-refractivity contribution in [2.24, 2.45) is 0 Å². The molecule has 3 rings (SSSR count). The molecular formula is C18H17NO3. The molecule has 1 aromatic heterocycles. The number of carbonyl (C=O) groups excluding carboxylic acids is 2. The highest BCUT2D eigenvalue weighted by atomic mass is 16.1. The number of hydrogen-bond donors (Lipinski definition) is 0. The molecule has 0 unspecified atom stereocenters. The number of nitrogens with zero attached hydrogens (tertiary/aromatic N) is 1. The van der Waals surface area contributed by atoms with E-state index in [0.717, 1.165) is 24.1 Å². The highest BCUT2D eigenvalue weighted by Gasteiger charge is 2.21. The lowest BCUT2D eigenvalue weighted by Gasteiger charge is -2.11. The zero-order valence-electron chi connectivity index (χ0n) is 12.7. The predicted molar refractivity (Wildman–Crippen MR) is 84.5 cm³/mol. The van der Waals surface area contributed by atoms with Crippen LogP contribution in [0.2, 0.25) is 0 Å². The van der Waals surface area contributed by atoms with Gasteiger partial charge in [0.2, 0.25) is 0 Å². The van der Waals surface area contributed by atoms with Crippen LogP contribution in [0, 0.1) is 0 Å². The lowest BCUT2D eigenvalue weighted by molar-refractivity contribution is 0.100. The first-order valence-electron chi connectivity index (χ1n) is 7.38. The quantitative estimate of drug-likeness (QED) is 0.818. The summed E-state index contributed by atoms with van der Waals surface area (Å²) in [5, 5.41) is 0. The molecule has 0 spiro atoms. The molecule has 0 radical (unpaired) electrons. The Bertz CT molecular complexity index is 829. The van der Waals surface area contributed by atoms with Crippen molar-refractivity contribution in [2.75, 3.05) is 0 Å². The Hall–Kier alpha value is -2.49. The summed E-state index contributed by atoms with van der Waals surface area (Å²) in [5.41, 5.74) is 3.28. The predicted octanol–water partition coefficient (Wildman–Crippen LogP) is 2.87. The molecule has 0 N–H and O–H groups in total. The summed E-state index contributed by atoms with van der Waals surface area (Å²) < 4.78 is 1.71. The molecule has 0 atom stereocenters. The topological polar surface area (TPSA) is 56.1 Å². The largest absolute Gasteiger partial charge is 0.311 e. The monoisotopic (exact) mass is 295 g/mol. The summed E-state index contributed by atoms with van der Waals surface area (Å²) in [7, 11) is 0. The number of pyridine rings is 1. The molecule has 4 nitrogen and oxygen atoms in total. The Kier molecular flexibility index (Phi) is 3.53. The number of rotatable bonds is 3. The van der Waals surface area contributed by atoms with Gasteiger partial charge in [-0.05, 0) is 38.3 Å². The van der Waals surface area contributed by atoms with Crippen molar-refractivity contribution in [1.82, 2.24) is 4.57 Å². The van der Waals surface area contributed by atoms with Crippen molar-refractivity contribution in [1.29, 1.82) is 0 Å². The van der Waals surface area contributed by atoms with Gasteiger partial charge in [-0.25, -0.2) is 0 Å². The second kappa shape index (κ2) is 5.37. The van der Waals surface area contributed by atoms with E-state index in [4.69, 9.17) is 0 Å². The minimum atomic E-state index is -0.0620. The van der Waals surface area contributed by atoms with Crippen molar-refractivity contribution in [3.05, 3.63) is 57.5 Å². The average Bonchev–Trinajstić information content (AvgIpc) is 2.97. The van der Waals surface area contributed by atoms with E-state index in [-0.39, 0.29) is 17.1 Å². The van der Waals surface area contributed by atoms with Crippen molar-refractivity contribution in [3.8, 4) is 11.1 Å². The van der Waals surface area contributed by atoms with Crippen LogP contribution >= 0.6 is 0 Å². The maximum atomic E-state index is 12.6. The van der Waals surface area contributed by atoms with Crippen LogP contribution < -0.4 is 5.56 Å². The van der Waals surface area contributed by atoms with Crippen LogP contribution in [0.25, 0.3) is 11.1 Å². The third-order valence-electron chi connectivity index (χ3n) is 4.18. The van der Waals surface area contributed by atoms with Gasteiger partial charge in [0.1, 0.15) is 0 Å². The molecule has 0 bridgehead atoms. The highest BCUT2D eigenvalue weighted by molar-refractivity contribution is 5.97. The Morgan fingerprint density at radius 1 is 1.05 bits per heavy atom. The van der Waals surface area contributed by atoms with E-state index in [9.17, 15) is 14.4 Å². The SMILES string of the molecule is CC(=O)c1ccc(-c2cc(C(C)=O)c3n(c2=O)CCC3)cc1. The summed E-state index contributed by atoms with van der Waals surface area (Å²) in [5.74, 6) is -0.0334. The molecule has 4 heteroatoms. The first-order valence-corrected chi connectivity index (χ1v) is 7.38. The Balaban J connectivity index is 2.19. The second-order valence-electron chi connectivity index (χ2n) is 5.67. The molecule has 2 aromatic rings. The molecular weight excluding hydrogens is 278 g/mol. The van der Waals surface area contributed by atoms with E-state index in [0.29, 0.717) is 23.2 Å². The number of fused-ring (bicyclic) bond motifs is 1. The third kappa shape index (κ3) is 2.30. The van der Waals surface area contributed by atoms with E-state index >= 15 is 0 Å². The molecule has 1 aliphatic heterocycles. The number of hydrogen-bond acceptors (Lipinski definition) is 3. The summed E-state index contributed by atoms with van der Waals surface area (Å²) in [6.07, 6.45) is 1.66. The van der Waals surface area contributed by atoms with Gasteiger partial charge in [-0.15, -0.1) is 0 Å². The van der Waals surface area contributed by atoms with E-state index in [2.05, 4.69) is 0 Å².